The molecule has 0 N–H and O–H groups in total. The van der Waals surface area contributed by atoms with Gasteiger partial charge in [-0.25, -0.2) is 4.39 Å². The van der Waals surface area contributed by atoms with Crippen LogP contribution in [0.25, 0.3) is 0 Å². The lowest BCUT2D eigenvalue weighted by Crippen LogP contribution is -2.45. The van der Waals surface area contributed by atoms with Gasteiger partial charge in [0.2, 0.25) is 0 Å². The van der Waals surface area contributed by atoms with Crippen molar-refractivity contribution in [3.05, 3.63) is 27.6 Å². The SMILES string of the molecule is CN1CCN(CCOc2ccc(F)c(I)c2)CC1. The third-order valence-corrected chi connectivity index (χ3v) is 3.99. The predicted octanol–water partition coefficient (Wildman–Crippen LogP) is 2.06. The lowest BCUT2D eigenvalue weighted by Gasteiger charge is -2.32. The van der Waals surface area contributed by atoms with Gasteiger partial charge in [-0.15, -0.1) is 0 Å². The molecule has 1 aromatic carbocycles. The second kappa shape index (κ2) is 6.68. The van der Waals surface area contributed by atoms with Crippen LogP contribution in [0, 0.1) is 9.39 Å². The molecular formula is C13H18FIN2O. The highest BCUT2D eigenvalue weighted by Gasteiger charge is 2.13. The first-order chi connectivity index (χ1) is 8.65. The van der Waals surface area contributed by atoms with Crippen molar-refractivity contribution >= 4 is 22.6 Å². The fourth-order valence-electron chi connectivity index (χ4n) is 1.93. The Balaban J connectivity index is 1.73. The summed E-state index contributed by atoms with van der Waals surface area (Å²) in [6, 6.07) is 4.87. The van der Waals surface area contributed by atoms with Crippen LogP contribution in [0.1, 0.15) is 0 Å². The molecule has 2 rings (SSSR count). The van der Waals surface area contributed by atoms with Crippen molar-refractivity contribution in [2.24, 2.45) is 0 Å². The summed E-state index contributed by atoms with van der Waals surface area (Å²) in [5.41, 5.74) is 0. The Morgan fingerprint density at radius 2 is 2.00 bits per heavy atom. The number of hydrogen-bond donors (Lipinski definition) is 0. The van der Waals surface area contributed by atoms with Gasteiger partial charge in [-0.1, -0.05) is 0 Å². The van der Waals surface area contributed by atoms with Crippen molar-refractivity contribution in [3.63, 3.8) is 0 Å². The number of rotatable bonds is 4. The van der Waals surface area contributed by atoms with Crippen LogP contribution in [0.2, 0.25) is 0 Å². The zero-order valence-corrected chi connectivity index (χ0v) is 12.7. The standard InChI is InChI=1S/C13H18FIN2O/c1-16-4-6-17(7-5-16)8-9-18-11-2-3-12(14)13(15)10-11/h2-3,10H,4-9H2,1H3. The minimum Gasteiger partial charge on any atom is -0.492 e. The maximum absolute atomic E-state index is 13.1. The fourth-order valence-corrected chi connectivity index (χ4v) is 2.42. The molecule has 0 atom stereocenters. The van der Waals surface area contributed by atoms with Crippen molar-refractivity contribution < 1.29 is 9.13 Å². The van der Waals surface area contributed by atoms with Crippen LogP contribution in [0.15, 0.2) is 18.2 Å². The normalized spacial score (nSPS) is 17.9. The summed E-state index contributed by atoms with van der Waals surface area (Å²) < 4.78 is 19.3. The van der Waals surface area contributed by atoms with E-state index >= 15 is 0 Å². The molecule has 0 unspecified atom stereocenters. The van der Waals surface area contributed by atoms with Gasteiger partial charge in [-0.3, -0.25) is 4.90 Å². The number of nitrogens with zero attached hydrogens (tertiary/aromatic N) is 2. The van der Waals surface area contributed by atoms with Gasteiger partial charge in [0.25, 0.3) is 0 Å². The quantitative estimate of drug-likeness (QED) is 0.761. The van der Waals surface area contributed by atoms with Crippen molar-refractivity contribution in [2.75, 3.05) is 46.4 Å². The predicted molar refractivity (Wildman–Crippen MR) is 78.5 cm³/mol. The molecule has 18 heavy (non-hydrogen) atoms. The highest BCUT2D eigenvalue weighted by molar-refractivity contribution is 14.1. The van der Waals surface area contributed by atoms with Gasteiger partial charge >= 0.3 is 0 Å². The summed E-state index contributed by atoms with van der Waals surface area (Å²) in [4.78, 5) is 4.73. The van der Waals surface area contributed by atoms with Gasteiger partial charge < -0.3 is 9.64 Å². The average Bonchev–Trinajstić information content (AvgIpc) is 2.36. The van der Waals surface area contributed by atoms with E-state index in [1.807, 2.05) is 22.6 Å². The minimum absolute atomic E-state index is 0.193. The highest BCUT2D eigenvalue weighted by atomic mass is 127. The summed E-state index contributed by atoms with van der Waals surface area (Å²) in [6.45, 7) is 6.03. The highest BCUT2D eigenvalue weighted by Crippen LogP contribution is 2.18. The topological polar surface area (TPSA) is 15.7 Å². The molecule has 5 heteroatoms. The third kappa shape index (κ3) is 4.07. The van der Waals surface area contributed by atoms with Crippen LogP contribution in [0.3, 0.4) is 0 Å². The zero-order valence-electron chi connectivity index (χ0n) is 10.5. The van der Waals surface area contributed by atoms with Crippen LogP contribution >= 0.6 is 22.6 Å². The number of piperazine rings is 1. The number of ether oxygens (including phenoxy) is 1. The maximum Gasteiger partial charge on any atom is 0.136 e. The molecule has 0 spiro atoms. The van der Waals surface area contributed by atoms with E-state index < -0.39 is 0 Å². The van der Waals surface area contributed by atoms with Crippen LogP contribution in [-0.2, 0) is 0 Å². The molecule has 0 saturated carbocycles. The Hall–Kier alpha value is -0.400. The molecular weight excluding hydrogens is 346 g/mol. The van der Waals surface area contributed by atoms with E-state index in [0.29, 0.717) is 10.2 Å². The molecule has 1 aliphatic heterocycles. The molecule has 100 valence electrons. The number of hydrogen-bond acceptors (Lipinski definition) is 3. The third-order valence-electron chi connectivity index (χ3n) is 3.16. The fraction of sp³-hybridized carbons (Fsp3) is 0.538. The smallest absolute Gasteiger partial charge is 0.136 e. The van der Waals surface area contributed by atoms with Crippen LogP contribution < -0.4 is 4.74 Å². The Kier molecular flexibility index (Phi) is 5.20. The van der Waals surface area contributed by atoms with Gasteiger partial charge in [-0.2, -0.15) is 0 Å². The van der Waals surface area contributed by atoms with E-state index in [1.54, 1.807) is 12.1 Å². The molecule has 1 fully saturated rings. The lowest BCUT2D eigenvalue weighted by molar-refractivity contribution is 0.133. The molecule has 0 bridgehead atoms. The van der Waals surface area contributed by atoms with Crippen LogP contribution in [0.4, 0.5) is 4.39 Å². The van der Waals surface area contributed by atoms with E-state index in [4.69, 9.17) is 4.74 Å². The molecule has 0 amide bonds. The van der Waals surface area contributed by atoms with Crippen molar-refractivity contribution in [2.45, 2.75) is 0 Å². The first kappa shape index (κ1) is 14.0. The maximum atomic E-state index is 13.1. The zero-order chi connectivity index (χ0) is 13.0. The first-order valence-electron chi connectivity index (χ1n) is 6.14. The van der Waals surface area contributed by atoms with Crippen LogP contribution in [-0.4, -0.2) is 56.2 Å². The number of halogens is 2. The van der Waals surface area contributed by atoms with Gasteiger partial charge in [0, 0.05) is 32.7 Å². The summed E-state index contributed by atoms with van der Waals surface area (Å²) in [5.74, 6) is 0.553. The van der Waals surface area contributed by atoms with Crippen molar-refractivity contribution in [3.8, 4) is 5.75 Å². The van der Waals surface area contributed by atoms with E-state index in [-0.39, 0.29) is 5.82 Å². The Morgan fingerprint density at radius 3 is 2.67 bits per heavy atom. The molecule has 0 aromatic heterocycles. The van der Waals surface area contributed by atoms with Gasteiger partial charge in [-0.05, 0) is 47.8 Å². The second-order valence-corrected chi connectivity index (χ2v) is 5.73. The van der Waals surface area contributed by atoms with E-state index in [2.05, 4.69) is 16.8 Å². The van der Waals surface area contributed by atoms with Crippen molar-refractivity contribution in [1.82, 2.24) is 9.80 Å². The number of likely N-dealkylation sites (N-methyl/N-ethyl adjacent to an activating group) is 1. The summed E-state index contributed by atoms with van der Waals surface area (Å²) in [6.07, 6.45) is 0. The molecule has 0 radical (unpaired) electrons. The van der Waals surface area contributed by atoms with E-state index in [1.165, 1.54) is 6.07 Å². The minimum atomic E-state index is -0.193. The van der Waals surface area contributed by atoms with E-state index in [9.17, 15) is 4.39 Å². The first-order valence-corrected chi connectivity index (χ1v) is 7.22. The van der Waals surface area contributed by atoms with Gasteiger partial charge in [0.05, 0.1) is 3.57 Å². The van der Waals surface area contributed by atoms with Crippen molar-refractivity contribution in [1.29, 1.82) is 0 Å². The largest absolute Gasteiger partial charge is 0.492 e. The molecule has 1 aromatic rings. The van der Waals surface area contributed by atoms with E-state index in [0.717, 1.165) is 38.5 Å². The lowest BCUT2D eigenvalue weighted by atomic mass is 10.3. The monoisotopic (exact) mass is 364 g/mol. The summed E-state index contributed by atoms with van der Waals surface area (Å²) in [7, 11) is 2.15. The van der Waals surface area contributed by atoms with Crippen LogP contribution in [0.5, 0.6) is 5.75 Å². The molecule has 1 heterocycles. The Morgan fingerprint density at radius 1 is 1.28 bits per heavy atom. The average molecular weight is 364 g/mol. The second-order valence-electron chi connectivity index (χ2n) is 4.57. The Labute approximate surface area is 121 Å². The van der Waals surface area contributed by atoms with Gasteiger partial charge in [0.15, 0.2) is 0 Å². The van der Waals surface area contributed by atoms with Gasteiger partial charge in [0.1, 0.15) is 18.2 Å². The molecule has 1 saturated heterocycles. The number of benzene rings is 1. The summed E-state index contributed by atoms with van der Waals surface area (Å²) in [5, 5.41) is 0. The molecule has 1 aliphatic rings. The molecule has 0 aliphatic carbocycles. The Bertz CT molecular complexity index is 395. The summed E-state index contributed by atoms with van der Waals surface area (Å²) >= 11 is 1.98. The molecule has 3 nitrogen and oxygen atoms in total.